The molecule has 0 amide bonds. The first-order valence-corrected chi connectivity index (χ1v) is 5.75. The van der Waals surface area contributed by atoms with Crippen LogP contribution in [0.5, 0.6) is 0 Å². The second-order valence-electron chi connectivity index (χ2n) is 3.56. The summed E-state index contributed by atoms with van der Waals surface area (Å²) in [5.74, 6) is -0.569. The molecule has 0 unspecified atom stereocenters. The fourth-order valence-corrected chi connectivity index (χ4v) is 1.70. The molecule has 1 aromatic heterocycles. The van der Waals surface area contributed by atoms with Crippen molar-refractivity contribution in [2.75, 3.05) is 6.61 Å². The van der Waals surface area contributed by atoms with Gasteiger partial charge in [0.1, 0.15) is 0 Å². The summed E-state index contributed by atoms with van der Waals surface area (Å²) in [6.07, 6.45) is 0. The molecule has 1 heterocycles. The van der Waals surface area contributed by atoms with Crippen molar-refractivity contribution in [2.45, 2.75) is 6.92 Å². The summed E-state index contributed by atoms with van der Waals surface area (Å²) in [4.78, 5) is 28.0. The van der Waals surface area contributed by atoms with Gasteiger partial charge in [-0.2, -0.15) is 0 Å². The molecule has 2 N–H and O–H groups in total. The van der Waals surface area contributed by atoms with Crippen LogP contribution in [-0.4, -0.2) is 22.5 Å². The van der Waals surface area contributed by atoms with Gasteiger partial charge < -0.3 is 9.72 Å². The van der Waals surface area contributed by atoms with Crippen LogP contribution in [0, 0.1) is 0 Å². The molecule has 2 aromatic rings. The normalized spacial score (nSPS) is 10.3. The minimum atomic E-state index is -0.569. The number of aromatic nitrogens is 2. The highest BCUT2D eigenvalue weighted by Gasteiger charge is 2.17. The van der Waals surface area contributed by atoms with Gasteiger partial charge in [-0.05, 0) is 19.1 Å². The topological polar surface area (TPSA) is 75.0 Å². The fourth-order valence-electron chi connectivity index (χ4n) is 1.57. The van der Waals surface area contributed by atoms with E-state index in [4.69, 9.17) is 16.3 Å². The third kappa shape index (κ3) is 2.46. The van der Waals surface area contributed by atoms with Crippen LogP contribution in [-0.2, 0) is 4.74 Å². The summed E-state index contributed by atoms with van der Waals surface area (Å²) in [6, 6.07) is 6.78. The molecule has 0 fully saturated rings. The van der Waals surface area contributed by atoms with Crippen LogP contribution in [0.4, 0.5) is 0 Å². The van der Waals surface area contributed by atoms with Crippen LogP contribution in [0.3, 0.4) is 0 Å². The largest absolute Gasteiger partial charge is 0.461 e. The van der Waals surface area contributed by atoms with Crippen LogP contribution in [0.2, 0.25) is 5.02 Å². The molecular formula is C12H11ClN2O3. The number of hydrogen-bond acceptors (Lipinski definition) is 3. The summed E-state index contributed by atoms with van der Waals surface area (Å²) in [6.45, 7) is 1.94. The molecule has 0 saturated carbocycles. The lowest BCUT2D eigenvalue weighted by molar-refractivity contribution is 0.0521. The molecular weight excluding hydrogens is 256 g/mol. The Balaban J connectivity index is 2.47. The molecule has 0 bridgehead atoms. The SMILES string of the molecule is CCOC(=O)c1[nH]c(=O)[nH]c1-c1ccc(Cl)cc1. The van der Waals surface area contributed by atoms with Gasteiger partial charge in [0, 0.05) is 10.6 Å². The highest BCUT2D eigenvalue weighted by Crippen LogP contribution is 2.21. The number of benzene rings is 1. The number of imidazole rings is 1. The summed E-state index contributed by atoms with van der Waals surface area (Å²) in [5.41, 5.74) is 0.739. The minimum absolute atomic E-state index is 0.115. The molecule has 0 atom stereocenters. The van der Waals surface area contributed by atoms with Crippen LogP contribution < -0.4 is 5.69 Å². The molecule has 0 aliphatic carbocycles. The zero-order valence-corrected chi connectivity index (χ0v) is 10.4. The van der Waals surface area contributed by atoms with Gasteiger partial charge in [0.15, 0.2) is 5.69 Å². The van der Waals surface area contributed by atoms with Gasteiger partial charge in [0.2, 0.25) is 0 Å². The maximum Gasteiger partial charge on any atom is 0.357 e. The van der Waals surface area contributed by atoms with E-state index in [0.717, 1.165) is 0 Å². The van der Waals surface area contributed by atoms with Crippen LogP contribution in [0.1, 0.15) is 17.4 Å². The maximum absolute atomic E-state index is 11.7. The van der Waals surface area contributed by atoms with Gasteiger partial charge in [-0.25, -0.2) is 9.59 Å². The second-order valence-corrected chi connectivity index (χ2v) is 3.99. The van der Waals surface area contributed by atoms with E-state index in [2.05, 4.69) is 9.97 Å². The fraction of sp³-hybridized carbons (Fsp3) is 0.167. The number of hydrogen-bond donors (Lipinski definition) is 2. The molecule has 2 rings (SSSR count). The number of carbonyl (C=O) groups excluding carboxylic acids is 1. The van der Waals surface area contributed by atoms with Gasteiger partial charge >= 0.3 is 11.7 Å². The van der Waals surface area contributed by atoms with E-state index >= 15 is 0 Å². The summed E-state index contributed by atoms with van der Waals surface area (Å²) in [7, 11) is 0. The Hall–Kier alpha value is -2.01. The Kier molecular flexibility index (Phi) is 3.53. The molecule has 0 aliphatic rings. The first kappa shape index (κ1) is 12.4. The average Bonchev–Trinajstić information content (AvgIpc) is 2.73. The number of nitrogens with one attached hydrogen (secondary N) is 2. The number of carbonyl (C=O) groups is 1. The second kappa shape index (κ2) is 5.10. The first-order valence-electron chi connectivity index (χ1n) is 5.37. The number of aromatic amines is 2. The molecule has 6 heteroatoms. The smallest absolute Gasteiger partial charge is 0.357 e. The zero-order chi connectivity index (χ0) is 13.1. The lowest BCUT2D eigenvalue weighted by Crippen LogP contribution is -2.08. The van der Waals surface area contributed by atoms with Gasteiger partial charge in [-0.3, -0.25) is 4.98 Å². The molecule has 1 aromatic carbocycles. The minimum Gasteiger partial charge on any atom is -0.461 e. The average molecular weight is 267 g/mol. The van der Waals surface area contributed by atoms with Gasteiger partial charge in [0.25, 0.3) is 0 Å². The Labute approximate surface area is 108 Å². The molecule has 18 heavy (non-hydrogen) atoms. The number of ether oxygens (including phenoxy) is 1. The summed E-state index contributed by atoms with van der Waals surface area (Å²) in [5, 5.41) is 0.578. The van der Waals surface area contributed by atoms with Crippen LogP contribution in [0.25, 0.3) is 11.3 Å². The first-order chi connectivity index (χ1) is 8.61. The van der Waals surface area contributed by atoms with E-state index in [1.165, 1.54) is 0 Å². The predicted molar refractivity (Wildman–Crippen MR) is 67.8 cm³/mol. The summed E-state index contributed by atoms with van der Waals surface area (Å²) >= 11 is 5.79. The van der Waals surface area contributed by atoms with Crippen molar-refractivity contribution >= 4 is 17.6 Å². The molecule has 5 nitrogen and oxygen atoms in total. The van der Waals surface area contributed by atoms with E-state index in [0.29, 0.717) is 16.3 Å². The highest BCUT2D eigenvalue weighted by atomic mass is 35.5. The van der Waals surface area contributed by atoms with Gasteiger partial charge in [0.05, 0.1) is 12.3 Å². The van der Waals surface area contributed by atoms with Crippen molar-refractivity contribution in [2.24, 2.45) is 0 Å². The van der Waals surface area contributed by atoms with Gasteiger partial charge in [-0.15, -0.1) is 0 Å². The Bertz CT molecular complexity index is 613. The number of rotatable bonds is 3. The standard InChI is InChI=1S/C12H11ClN2O3/c1-2-18-11(16)10-9(14-12(17)15-10)7-3-5-8(13)6-4-7/h3-6H,2H2,1H3,(H2,14,15,17). The third-order valence-electron chi connectivity index (χ3n) is 2.34. The van der Waals surface area contributed by atoms with E-state index in [-0.39, 0.29) is 12.3 Å². The zero-order valence-electron chi connectivity index (χ0n) is 9.62. The Morgan fingerprint density at radius 2 is 1.94 bits per heavy atom. The van der Waals surface area contributed by atoms with E-state index < -0.39 is 11.7 Å². The molecule has 94 valence electrons. The van der Waals surface area contributed by atoms with Crippen molar-refractivity contribution < 1.29 is 9.53 Å². The van der Waals surface area contributed by atoms with Gasteiger partial charge in [-0.1, -0.05) is 23.7 Å². The van der Waals surface area contributed by atoms with Crippen LogP contribution in [0.15, 0.2) is 29.1 Å². The Morgan fingerprint density at radius 1 is 1.28 bits per heavy atom. The molecule has 0 aliphatic heterocycles. The highest BCUT2D eigenvalue weighted by molar-refractivity contribution is 6.30. The van der Waals surface area contributed by atoms with E-state index in [9.17, 15) is 9.59 Å². The third-order valence-corrected chi connectivity index (χ3v) is 2.59. The van der Waals surface area contributed by atoms with E-state index in [1.54, 1.807) is 31.2 Å². The summed E-state index contributed by atoms with van der Waals surface area (Å²) < 4.78 is 4.87. The van der Waals surface area contributed by atoms with Crippen molar-refractivity contribution in [3.63, 3.8) is 0 Å². The lowest BCUT2D eigenvalue weighted by atomic mass is 10.1. The Morgan fingerprint density at radius 3 is 2.56 bits per heavy atom. The monoisotopic (exact) mass is 266 g/mol. The van der Waals surface area contributed by atoms with Crippen molar-refractivity contribution in [3.8, 4) is 11.3 Å². The van der Waals surface area contributed by atoms with Crippen molar-refractivity contribution in [1.29, 1.82) is 0 Å². The maximum atomic E-state index is 11.7. The quantitative estimate of drug-likeness (QED) is 0.837. The lowest BCUT2D eigenvalue weighted by Gasteiger charge is -2.03. The van der Waals surface area contributed by atoms with E-state index in [1.807, 2.05) is 0 Å². The molecule has 0 spiro atoms. The molecule has 0 saturated heterocycles. The molecule has 0 radical (unpaired) electrons. The predicted octanol–water partition coefficient (Wildman–Crippen LogP) is 2.20. The van der Waals surface area contributed by atoms with Crippen molar-refractivity contribution in [3.05, 3.63) is 45.5 Å². The van der Waals surface area contributed by atoms with Crippen LogP contribution >= 0.6 is 11.6 Å². The van der Waals surface area contributed by atoms with Crippen molar-refractivity contribution in [1.82, 2.24) is 9.97 Å². The number of halogens is 1. The number of esters is 1. The number of H-pyrrole nitrogens is 2.